The maximum Gasteiger partial charge on any atom is 0.362 e. The molecule has 3 nitrogen and oxygen atoms in total. The minimum atomic E-state index is -0.394. The monoisotopic (exact) mass is 423 g/mol. The van der Waals surface area contributed by atoms with Crippen LogP contribution < -0.4 is 5.63 Å². The number of nitrogens with zero attached hydrogens (tertiary/aromatic N) is 1. The summed E-state index contributed by atoms with van der Waals surface area (Å²) in [6.07, 6.45) is 5.79. The summed E-state index contributed by atoms with van der Waals surface area (Å²) in [4.78, 5) is 17.1. The van der Waals surface area contributed by atoms with Crippen molar-refractivity contribution in [2.24, 2.45) is 4.99 Å². The molecule has 2 aromatic carbocycles. The van der Waals surface area contributed by atoms with Crippen molar-refractivity contribution >= 4 is 27.8 Å². The number of rotatable bonds is 7. The zero-order chi connectivity index (χ0) is 19.1. The van der Waals surface area contributed by atoms with Crippen molar-refractivity contribution in [3.8, 4) is 11.3 Å². The number of unbranched alkanes of at least 4 members (excludes halogenated alkanes) is 2. The van der Waals surface area contributed by atoms with Crippen LogP contribution in [0, 0.1) is 0 Å². The van der Waals surface area contributed by atoms with E-state index in [4.69, 9.17) is 4.42 Å². The molecule has 27 heavy (non-hydrogen) atoms. The van der Waals surface area contributed by atoms with Gasteiger partial charge in [0.05, 0.1) is 0 Å². The third-order valence-electron chi connectivity index (χ3n) is 4.30. The molecule has 0 aliphatic carbocycles. The van der Waals surface area contributed by atoms with Crippen LogP contribution in [0.3, 0.4) is 0 Å². The van der Waals surface area contributed by atoms with Crippen molar-refractivity contribution in [2.75, 3.05) is 0 Å². The maximum atomic E-state index is 12.7. The van der Waals surface area contributed by atoms with Gasteiger partial charge in [0.15, 0.2) is 5.69 Å². The average Bonchev–Trinajstić information content (AvgIpc) is 2.68. The van der Waals surface area contributed by atoms with Crippen LogP contribution in [0.2, 0.25) is 0 Å². The second kappa shape index (κ2) is 9.47. The highest BCUT2D eigenvalue weighted by Gasteiger charge is 2.12. The SMILES string of the molecule is CCCCCc1cc(-c2ccccc2)oc(=O)c1N=Cc1cccc(Br)c1. The van der Waals surface area contributed by atoms with Gasteiger partial charge >= 0.3 is 5.63 Å². The lowest BCUT2D eigenvalue weighted by Gasteiger charge is -2.07. The molecule has 0 saturated heterocycles. The van der Waals surface area contributed by atoms with E-state index in [1.165, 1.54) is 0 Å². The first-order valence-electron chi connectivity index (χ1n) is 9.19. The van der Waals surface area contributed by atoms with Crippen LogP contribution in [0.1, 0.15) is 37.3 Å². The van der Waals surface area contributed by atoms with Crippen molar-refractivity contribution < 1.29 is 4.42 Å². The molecule has 1 aromatic heterocycles. The van der Waals surface area contributed by atoms with Gasteiger partial charge < -0.3 is 4.42 Å². The predicted octanol–water partition coefficient (Wildman–Crippen LogP) is 6.55. The number of aliphatic imine (C=N–C) groups is 1. The molecule has 0 amide bonds. The second-order valence-corrected chi connectivity index (χ2v) is 7.32. The lowest BCUT2D eigenvalue weighted by Crippen LogP contribution is -2.04. The Morgan fingerprint density at radius 2 is 1.85 bits per heavy atom. The van der Waals surface area contributed by atoms with Gasteiger partial charge in [-0.2, -0.15) is 0 Å². The van der Waals surface area contributed by atoms with E-state index in [-0.39, 0.29) is 0 Å². The fourth-order valence-corrected chi connectivity index (χ4v) is 3.31. The van der Waals surface area contributed by atoms with Gasteiger partial charge in [0, 0.05) is 16.3 Å². The Balaban J connectivity index is 1.99. The quantitative estimate of drug-likeness (QED) is 0.319. The first-order valence-corrected chi connectivity index (χ1v) is 9.98. The predicted molar refractivity (Wildman–Crippen MR) is 115 cm³/mol. The molecule has 138 valence electrons. The van der Waals surface area contributed by atoms with Crippen molar-refractivity contribution in [1.29, 1.82) is 0 Å². The Hall–Kier alpha value is -2.46. The molecule has 0 radical (unpaired) electrons. The molecule has 0 bridgehead atoms. The van der Waals surface area contributed by atoms with E-state index < -0.39 is 5.63 Å². The summed E-state index contributed by atoms with van der Waals surface area (Å²) in [6.45, 7) is 2.17. The molecule has 0 atom stereocenters. The van der Waals surface area contributed by atoms with E-state index in [9.17, 15) is 4.79 Å². The lowest BCUT2D eigenvalue weighted by atomic mass is 10.0. The van der Waals surface area contributed by atoms with E-state index in [1.54, 1.807) is 6.21 Å². The van der Waals surface area contributed by atoms with Crippen LogP contribution in [-0.2, 0) is 6.42 Å². The summed E-state index contributed by atoms with van der Waals surface area (Å²) in [5.74, 6) is 0.591. The molecule has 0 fully saturated rings. The summed E-state index contributed by atoms with van der Waals surface area (Å²) in [5, 5.41) is 0. The summed E-state index contributed by atoms with van der Waals surface area (Å²) in [7, 11) is 0. The Morgan fingerprint density at radius 1 is 1.04 bits per heavy atom. The van der Waals surface area contributed by atoms with Crippen molar-refractivity contribution in [3.05, 3.63) is 86.7 Å². The molecule has 0 aliphatic heterocycles. The highest BCUT2D eigenvalue weighted by molar-refractivity contribution is 9.10. The standard InChI is InChI=1S/C23H22BrNO2/c1-2-3-5-12-19-15-21(18-10-6-4-7-11-18)27-23(26)22(19)25-16-17-9-8-13-20(24)14-17/h4,6-11,13-16H,2-3,5,12H2,1H3. The molecule has 0 unspecified atom stereocenters. The van der Waals surface area contributed by atoms with Crippen LogP contribution in [0.4, 0.5) is 5.69 Å². The summed E-state index contributed by atoms with van der Waals surface area (Å²) >= 11 is 3.45. The minimum absolute atomic E-state index is 0.394. The van der Waals surface area contributed by atoms with Crippen LogP contribution in [0.5, 0.6) is 0 Å². The number of hydrogen-bond donors (Lipinski definition) is 0. The largest absolute Gasteiger partial charge is 0.421 e. The molecule has 0 saturated carbocycles. The van der Waals surface area contributed by atoms with E-state index in [2.05, 4.69) is 27.8 Å². The smallest absolute Gasteiger partial charge is 0.362 e. The topological polar surface area (TPSA) is 42.6 Å². The lowest BCUT2D eigenvalue weighted by molar-refractivity contribution is 0.524. The van der Waals surface area contributed by atoms with Crippen molar-refractivity contribution in [1.82, 2.24) is 0 Å². The van der Waals surface area contributed by atoms with Crippen molar-refractivity contribution in [2.45, 2.75) is 32.6 Å². The van der Waals surface area contributed by atoms with Gasteiger partial charge in [-0.25, -0.2) is 9.79 Å². The normalized spacial score (nSPS) is 11.2. The van der Waals surface area contributed by atoms with E-state index in [0.717, 1.165) is 46.8 Å². The highest BCUT2D eigenvalue weighted by Crippen LogP contribution is 2.25. The Bertz CT molecular complexity index is 977. The Kier molecular flexibility index (Phi) is 6.77. The van der Waals surface area contributed by atoms with Gasteiger partial charge in [0.2, 0.25) is 0 Å². The molecule has 3 rings (SSSR count). The molecule has 0 aliphatic rings. The highest BCUT2D eigenvalue weighted by atomic mass is 79.9. The Morgan fingerprint density at radius 3 is 2.59 bits per heavy atom. The van der Waals surface area contributed by atoms with Crippen LogP contribution >= 0.6 is 15.9 Å². The summed E-state index contributed by atoms with van der Waals surface area (Å²) < 4.78 is 6.55. The molecule has 1 heterocycles. The van der Waals surface area contributed by atoms with Gasteiger partial charge in [0.1, 0.15) is 5.76 Å². The molecule has 0 spiro atoms. The maximum absolute atomic E-state index is 12.7. The van der Waals surface area contributed by atoms with Gasteiger partial charge in [-0.3, -0.25) is 0 Å². The third kappa shape index (κ3) is 5.27. The second-order valence-electron chi connectivity index (χ2n) is 6.41. The summed E-state index contributed by atoms with van der Waals surface area (Å²) in [6, 6.07) is 19.5. The first kappa shape index (κ1) is 19.3. The minimum Gasteiger partial charge on any atom is -0.421 e. The van der Waals surface area contributed by atoms with E-state index in [1.807, 2.05) is 60.7 Å². The van der Waals surface area contributed by atoms with Crippen LogP contribution in [-0.4, -0.2) is 6.21 Å². The summed E-state index contributed by atoms with van der Waals surface area (Å²) in [5.41, 5.74) is 2.76. The zero-order valence-corrected chi connectivity index (χ0v) is 16.9. The van der Waals surface area contributed by atoms with Crippen LogP contribution in [0.25, 0.3) is 11.3 Å². The van der Waals surface area contributed by atoms with Gasteiger partial charge in [0.25, 0.3) is 0 Å². The zero-order valence-electron chi connectivity index (χ0n) is 15.3. The van der Waals surface area contributed by atoms with Gasteiger partial charge in [-0.1, -0.05) is 78.2 Å². The van der Waals surface area contributed by atoms with E-state index >= 15 is 0 Å². The van der Waals surface area contributed by atoms with E-state index in [0.29, 0.717) is 11.4 Å². The van der Waals surface area contributed by atoms with Gasteiger partial charge in [-0.15, -0.1) is 0 Å². The molecule has 4 heteroatoms. The molecule has 0 N–H and O–H groups in total. The number of benzene rings is 2. The number of aryl methyl sites for hydroxylation is 1. The molecule has 3 aromatic rings. The Labute approximate surface area is 167 Å². The molecular formula is C23H22BrNO2. The first-order chi connectivity index (χ1) is 13.2. The number of hydrogen-bond acceptors (Lipinski definition) is 3. The van der Waals surface area contributed by atoms with Crippen LogP contribution in [0.15, 0.2) is 79.3 Å². The number of halogens is 1. The average molecular weight is 424 g/mol. The van der Waals surface area contributed by atoms with Gasteiger partial charge in [-0.05, 0) is 42.2 Å². The molecular weight excluding hydrogens is 402 g/mol. The van der Waals surface area contributed by atoms with Crippen molar-refractivity contribution in [3.63, 3.8) is 0 Å². The fourth-order valence-electron chi connectivity index (χ4n) is 2.90. The third-order valence-corrected chi connectivity index (χ3v) is 4.80. The fraction of sp³-hybridized carbons (Fsp3) is 0.217.